The van der Waals surface area contributed by atoms with Gasteiger partial charge in [0.05, 0.1) is 18.2 Å². The summed E-state index contributed by atoms with van der Waals surface area (Å²) in [5.41, 5.74) is 3.87. The zero-order valence-corrected chi connectivity index (χ0v) is 21.8. The molecule has 6 N–H and O–H groups in total. The van der Waals surface area contributed by atoms with Gasteiger partial charge in [-0.15, -0.1) is 0 Å². The minimum Gasteiger partial charge on any atom is -0.508 e. The van der Waals surface area contributed by atoms with Crippen molar-refractivity contribution in [2.45, 2.75) is 31.4 Å². The lowest BCUT2D eigenvalue weighted by atomic mass is 9.57. The fourth-order valence-corrected chi connectivity index (χ4v) is 6.41. The van der Waals surface area contributed by atoms with Gasteiger partial charge in [-0.3, -0.25) is 19.3 Å². The van der Waals surface area contributed by atoms with Gasteiger partial charge in [-0.05, 0) is 74.7 Å². The van der Waals surface area contributed by atoms with Crippen molar-refractivity contribution in [2.24, 2.45) is 17.6 Å². The number of hydrogen-bond acceptors (Lipinski definition) is 9. The van der Waals surface area contributed by atoms with E-state index in [1.54, 1.807) is 20.2 Å². The molecule has 4 atom stereocenters. The quantitative estimate of drug-likeness (QED) is 0.360. The Morgan fingerprint density at radius 1 is 1.10 bits per heavy atom. The fraction of sp³-hybridized carbons (Fsp3) is 0.345. The van der Waals surface area contributed by atoms with Gasteiger partial charge < -0.3 is 30.9 Å². The highest BCUT2D eigenvalue weighted by Crippen LogP contribution is 2.53. The highest BCUT2D eigenvalue weighted by atomic mass is 16.5. The molecule has 3 aliphatic rings. The van der Waals surface area contributed by atoms with E-state index in [0.717, 1.165) is 11.1 Å². The summed E-state index contributed by atoms with van der Waals surface area (Å²) in [5, 5.41) is 44.7. The highest BCUT2D eigenvalue weighted by Gasteiger charge is 2.64. The van der Waals surface area contributed by atoms with Crippen molar-refractivity contribution in [3.05, 3.63) is 64.4 Å². The van der Waals surface area contributed by atoms with Crippen LogP contribution in [0.2, 0.25) is 0 Å². The number of aliphatic hydroxyl groups is 3. The number of aliphatic hydroxyl groups excluding tert-OH is 2. The number of aromatic hydroxyl groups is 1. The summed E-state index contributed by atoms with van der Waals surface area (Å²) in [4.78, 5) is 40.7. The zero-order chi connectivity index (χ0) is 28.4. The Bertz CT molecular complexity index is 1470. The smallest absolute Gasteiger partial charge is 0.255 e. The number of fused-ring (bicyclic) bond motifs is 3. The summed E-state index contributed by atoms with van der Waals surface area (Å²) < 4.78 is 5.52. The fourth-order valence-electron chi connectivity index (χ4n) is 6.41. The van der Waals surface area contributed by atoms with Gasteiger partial charge in [-0.25, -0.2) is 0 Å². The van der Waals surface area contributed by atoms with Gasteiger partial charge in [0, 0.05) is 11.5 Å². The number of ketones is 2. The normalized spacial score (nSPS) is 26.3. The molecule has 5 rings (SSSR count). The number of nitrogens with two attached hydrogens (primary N) is 1. The molecule has 1 saturated carbocycles. The molecular formula is C29H30N2O8. The molecule has 204 valence electrons. The minimum absolute atomic E-state index is 0.0319. The van der Waals surface area contributed by atoms with Crippen molar-refractivity contribution < 1.29 is 39.5 Å². The molecule has 1 amide bonds. The van der Waals surface area contributed by atoms with E-state index in [2.05, 4.69) is 0 Å². The molecule has 0 saturated heterocycles. The Morgan fingerprint density at radius 3 is 2.36 bits per heavy atom. The molecule has 39 heavy (non-hydrogen) atoms. The van der Waals surface area contributed by atoms with E-state index < -0.39 is 58.0 Å². The number of carbonyl (C=O) groups is 3. The summed E-state index contributed by atoms with van der Waals surface area (Å²) in [6.07, 6.45) is 0.246. The van der Waals surface area contributed by atoms with E-state index in [9.17, 15) is 34.8 Å². The van der Waals surface area contributed by atoms with Crippen LogP contribution < -0.4 is 10.5 Å². The van der Waals surface area contributed by atoms with Crippen molar-refractivity contribution >= 4 is 23.2 Å². The number of ether oxygens (including phenoxy) is 1. The third kappa shape index (κ3) is 3.74. The van der Waals surface area contributed by atoms with Crippen LogP contribution >= 0.6 is 0 Å². The van der Waals surface area contributed by atoms with Crippen LogP contribution in [0.25, 0.3) is 16.9 Å². The van der Waals surface area contributed by atoms with Crippen LogP contribution in [0.5, 0.6) is 11.5 Å². The third-order valence-electron chi connectivity index (χ3n) is 8.08. The molecule has 2 aromatic carbocycles. The number of benzene rings is 2. The van der Waals surface area contributed by atoms with E-state index >= 15 is 0 Å². The molecule has 0 aromatic heterocycles. The van der Waals surface area contributed by atoms with Crippen molar-refractivity contribution in [3.63, 3.8) is 0 Å². The van der Waals surface area contributed by atoms with Crippen molar-refractivity contribution in [3.8, 4) is 22.6 Å². The Kier molecular flexibility index (Phi) is 6.27. The Morgan fingerprint density at radius 2 is 1.77 bits per heavy atom. The summed E-state index contributed by atoms with van der Waals surface area (Å²) >= 11 is 0. The standard InChI is InChI=1S/C29H30N2O8/c1-4-39-15-7-5-13(6-8-15)16-9-10-19(32)21-17(16)11-14-12-18-23(31(2)3)25(34)22(28(30)37)27(36)29(18,38)26(35)20(14)24(21)33/h5-10,14,18,23,32-33,36,38H,4,11-12H2,1-3H3,(H2,30,37)/t14-,18-,23-,29-/m0/s1. The van der Waals surface area contributed by atoms with E-state index in [1.807, 2.05) is 31.2 Å². The summed E-state index contributed by atoms with van der Waals surface area (Å²) in [5.74, 6) is -6.04. The number of carbonyl (C=O) groups excluding carboxylic acids is 3. The van der Waals surface area contributed by atoms with Gasteiger partial charge in [0.25, 0.3) is 5.91 Å². The molecule has 1 fully saturated rings. The number of primary amides is 1. The van der Waals surface area contributed by atoms with Gasteiger partial charge in [0.15, 0.2) is 11.4 Å². The Hall–Kier alpha value is -4.15. The number of amides is 1. The molecule has 10 heteroatoms. The van der Waals surface area contributed by atoms with Crippen LogP contribution in [-0.4, -0.2) is 75.1 Å². The van der Waals surface area contributed by atoms with Crippen LogP contribution in [0.4, 0.5) is 0 Å². The average molecular weight is 535 g/mol. The molecular weight excluding hydrogens is 504 g/mol. The minimum atomic E-state index is -2.66. The van der Waals surface area contributed by atoms with Crippen LogP contribution in [0, 0.1) is 11.8 Å². The Labute approximate surface area is 224 Å². The second-order valence-corrected chi connectivity index (χ2v) is 10.4. The molecule has 0 heterocycles. The third-order valence-corrected chi connectivity index (χ3v) is 8.08. The predicted molar refractivity (Wildman–Crippen MR) is 141 cm³/mol. The number of Topliss-reactive ketones (excluding diaryl/α,β-unsaturated/α-hetero) is 2. The lowest BCUT2D eigenvalue weighted by molar-refractivity contribution is -0.153. The zero-order valence-electron chi connectivity index (χ0n) is 21.8. The summed E-state index contributed by atoms with van der Waals surface area (Å²) in [7, 11) is 3.13. The monoisotopic (exact) mass is 534 g/mol. The first-order valence-corrected chi connectivity index (χ1v) is 12.7. The van der Waals surface area contributed by atoms with E-state index in [-0.39, 0.29) is 29.7 Å². The van der Waals surface area contributed by atoms with Crippen LogP contribution in [-0.2, 0) is 20.8 Å². The number of rotatable bonds is 5. The SMILES string of the molecule is CCOc1ccc(-c2ccc(O)c3c2C[C@H]2C[C@H]4[C@H](N(C)C)C(=O)C(C(N)=O)=C(O)[C@@]4(O)C(=O)C2=C3O)cc1. The molecule has 2 aromatic rings. The van der Waals surface area contributed by atoms with E-state index in [1.165, 1.54) is 11.0 Å². The van der Waals surface area contributed by atoms with E-state index in [4.69, 9.17) is 10.5 Å². The molecule has 10 nitrogen and oxygen atoms in total. The average Bonchev–Trinajstić information content (AvgIpc) is 2.87. The molecule has 0 unspecified atom stereocenters. The van der Waals surface area contributed by atoms with Crippen LogP contribution in [0.15, 0.2) is 53.3 Å². The second-order valence-electron chi connectivity index (χ2n) is 10.4. The first-order chi connectivity index (χ1) is 18.4. The van der Waals surface area contributed by atoms with Crippen LogP contribution in [0.1, 0.15) is 24.5 Å². The number of likely N-dealkylation sites (N-methyl/N-ethyl adjacent to an activating group) is 1. The summed E-state index contributed by atoms with van der Waals surface area (Å²) in [6.45, 7) is 2.40. The number of phenolic OH excluding ortho intramolecular Hbond substituents is 1. The maximum absolute atomic E-state index is 13.9. The first kappa shape index (κ1) is 26.5. The lowest BCUT2D eigenvalue weighted by Gasteiger charge is -2.50. The van der Waals surface area contributed by atoms with Gasteiger partial charge in [-0.2, -0.15) is 0 Å². The van der Waals surface area contributed by atoms with Crippen molar-refractivity contribution in [1.82, 2.24) is 4.90 Å². The molecule has 3 aliphatic carbocycles. The van der Waals surface area contributed by atoms with Gasteiger partial charge in [0.1, 0.15) is 28.6 Å². The highest BCUT2D eigenvalue weighted by molar-refractivity contribution is 6.24. The largest absolute Gasteiger partial charge is 0.508 e. The maximum atomic E-state index is 13.9. The molecule has 0 spiro atoms. The first-order valence-electron chi connectivity index (χ1n) is 12.7. The van der Waals surface area contributed by atoms with Gasteiger partial charge >= 0.3 is 0 Å². The lowest BCUT2D eigenvalue weighted by Crippen LogP contribution is -2.65. The maximum Gasteiger partial charge on any atom is 0.255 e. The number of phenols is 1. The second kappa shape index (κ2) is 9.25. The topological polar surface area (TPSA) is 171 Å². The van der Waals surface area contributed by atoms with Crippen molar-refractivity contribution in [1.29, 1.82) is 0 Å². The molecule has 0 radical (unpaired) electrons. The van der Waals surface area contributed by atoms with Gasteiger partial charge in [0.2, 0.25) is 5.78 Å². The van der Waals surface area contributed by atoms with Crippen molar-refractivity contribution in [2.75, 3.05) is 20.7 Å². The van der Waals surface area contributed by atoms with Crippen LogP contribution in [0.3, 0.4) is 0 Å². The van der Waals surface area contributed by atoms with E-state index in [0.29, 0.717) is 17.9 Å². The summed E-state index contributed by atoms with van der Waals surface area (Å²) in [6, 6.07) is 9.35. The van der Waals surface area contributed by atoms with Gasteiger partial charge in [-0.1, -0.05) is 18.2 Å². The Balaban J connectivity index is 1.69. The number of hydrogen-bond donors (Lipinski definition) is 5. The molecule has 0 aliphatic heterocycles. The predicted octanol–water partition coefficient (Wildman–Crippen LogP) is 2.03. The molecule has 0 bridgehead atoms. The number of nitrogens with zero attached hydrogens (tertiary/aromatic N) is 1.